The fraction of sp³-hybridized carbons (Fsp3) is 0.500. The van der Waals surface area contributed by atoms with Crippen LogP contribution in [0.5, 0.6) is 0 Å². The number of nitrogens with zero attached hydrogens (tertiary/aromatic N) is 6. The van der Waals surface area contributed by atoms with Crippen LogP contribution in [0.25, 0.3) is 5.52 Å². The van der Waals surface area contributed by atoms with Gasteiger partial charge >= 0.3 is 0 Å². The smallest absolute Gasteiger partial charge is 0.229 e. The molecule has 0 saturated carbocycles. The highest BCUT2D eigenvalue weighted by molar-refractivity contribution is 5.68. The van der Waals surface area contributed by atoms with Crippen LogP contribution in [0.2, 0.25) is 0 Å². The van der Waals surface area contributed by atoms with Crippen molar-refractivity contribution in [3.63, 3.8) is 0 Å². The van der Waals surface area contributed by atoms with Crippen molar-refractivity contribution in [2.24, 2.45) is 0 Å². The Morgan fingerprint density at radius 3 is 3.09 bits per heavy atom. The predicted octanol–water partition coefficient (Wildman–Crippen LogP) is 2.62. The van der Waals surface area contributed by atoms with Crippen LogP contribution in [-0.2, 0) is 0 Å². The van der Waals surface area contributed by atoms with Crippen molar-refractivity contribution in [1.82, 2.24) is 24.5 Å². The Labute approximate surface area is 134 Å². The highest BCUT2D eigenvalue weighted by Crippen LogP contribution is 2.30. The summed E-state index contributed by atoms with van der Waals surface area (Å²) in [5.74, 6) is 3.05. The Morgan fingerprint density at radius 1 is 1.35 bits per heavy atom. The molecule has 0 spiro atoms. The monoisotopic (exact) mass is 312 g/mol. The number of rotatable bonds is 3. The third kappa shape index (κ3) is 2.56. The third-order valence-electron chi connectivity index (χ3n) is 4.36. The zero-order chi connectivity index (χ0) is 15.8. The van der Waals surface area contributed by atoms with E-state index >= 15 is 0 Å². The van der Waals surface area contributed by atoms with E-state index in [0.717, 1.165) is 43.1 Å². The molecular formula is C16H20N6O. The summed E-state index contributed by atoms with van der Waals surface area (Å²) in [6, 6.07) is 0. The molecule has 0 aromatic carbocycles. The minimum Gasteiger partial charge on any atom is -0.354 e. The molecule has 0 aliphatic carbocycles. The Kier molecular flexibility index (Phi) is 3.48. The molecule has 1 saturated heterocycles. The summed E-state index contributed by atoms with van der Waals surface area (Å²) in [7, 11) is 0. The molecule has 1 aliphatic rings. The van der Waals surface area contributed by atoms with Crippen LogP contribution < -0.4 is 4.90 Å². The first kappa shape index (κ1) is 14.2. The standard InChI is InChI=1S/C16H20N6O/c1-11(2)16-19-14(20-23-16)12-4-3-6-21(9-12)15-13-8-17-10-22(13)7-5-18-15/h5,7-8,10-12H,3-4,6,9H2,1-2H3/t12-/m0/s1. The van der Waals surface area contributed by atoms with E-state index in [4.69, 9.17) is 4.52 Å². The first-order valence-electron chi connectivity index (χ1n) is 8.07. The molecule has 0 radical (unpaired) electrons. The molecule has 0 N–H and O–H groups in total. The van der Waals surface area contributed by atoms with Crippen LogP contribution in [0.15, 0.2) is 29.4 Å². The summed E-state index contributed by atoms with van der Waals surface area (Å²) < 4.78 is 7.37. The van der Waals surface area contributed by atoms with Gasteiger partial charge in [0.1, 0.15) is 5.52 Å². The van der Waals surface area contributed by atoms with Gasteiger partial charge in [-0.2, -0.15) is 4.98 Å². The van der Waals surface area contributed by atoms with Crippen molar-refractivity contribution >= 4 is 11.3 Å². The van der Waals surface area contributed by atoms with Crippen molar-refractivity contribution in [2.75, 3.05) is 18.0 Å². The fourth-order valence-electron chi connectivity index (χ4n) is 3.11. The zero-order valence-electron chi connectivity index (χ0n) is 13.4. The molecule has 1 aliphatic heterocycles. The van der Waals surface area contributed by atoms with Gasteiger partial charge in [0.25, 0.3) is 0 Å². The minimum atomic E-state index is 0.262. The maximum Gasteiger partial charge on any atom is 0.229 e. The van der Waals surface area contributed by atoms with Crippen LogP contribution in [0.3, 0.4) is 0 Å². The summed E-state index contributed by atoms with van der Waals surface area (Å²) >= 11 is 0. The van der Waals surface area contributed by atoms with Gasteiger partial charge in [-0.25, -0.2) is 9.97 Å². The van der Waals surface area contributed by atoms with E-state index in [1.54, 1.807) is 6.33 Å². The van der Waals surface area contributed by atoms with E-state index in [2.05, 4.69) is 38.9 Å². The zero-order valence-corrected chi connectivity index (χ0v) is 13.4. The van der Waals surface area contributed by atoms with E-state index in [9.17, 15) is 0 Å². The van der Waals surface area contributed by atoms with Gasteiger partial charge in [-0.15, -0.1) is 0 Å². The number of fused-ring (bicyclic) bond motifs is 1. The summed E-state index contributed by atoms with van der Waals surface area (Å²) in [4.78, 5) is 15.7. The SMILES string of the molecule is CC(C)c1nc([C@H]2CCCN(c3nccn4cncc34)C2)no1. The Morgan fingerprint density at radius 2 is 2.26 bits per heavy atom. The van der Waals surface area contributed by atoms with E-state index in [1.165, 1.54) is 0 Å². The highest BCUT2D eigenvalue weighted by Gasteiger charge is 2.27. The first-order valence-corrected chi connectivity index (χ1v) is 8.07. The lowest BCUT2D eigenvalue weighted by atomic mass is 9.97. The van der Waals surface area contributed by atoms with Gasteiger partial charge in [0.15, 0.2) is 11.6 Å². The molecule has 7 heteroatoms. The molecule has 120 valence electrons. The molecule has 3 aromatic heterocycles. The van der Waals surface area contributed by atoms with E-state index in [1.807, 2.05) is 23.0 Å². The van der Waals surface area contributed by atoms with Gasteiger partial charge in [0.05, 0.1) is 12.5 Å². The van der Waals surface area contributed by atoms with Gasteiger partial charge < -0.3 is 13.8 Å². The third-order valence-corrected chi connectivity index (χ3v) is 4.36. The molecule has 3 aromatic rings. The summed E-state index contributed by atoms with van der Waals surface area (Å²) in [5.41, 5.74) is 1.03. The largest absolute Gasteiger partial charge is 0.354 e. The van der Waals surface area contributed by atoms with Gasteiger partial charge in [-0.05, 0) is 12.8 Å². The van der Waals surface area contributed by atoms with Crippen molar-refractivity contribution in [2.45, 2.75) is 38.5 Å². The number of hydrogen-bond donors (Lipinski definition) is 0. The predicted molar refractivity (Wildman–Crippen MR) is 85.6 cm³/mol. The normalized spacial score (nSPS) is 18.9. The molecule has 1 fully saturated rings. The molecule has 23 heavy (non-hydrogen) atoms. The molecule has 0 amide bonds. The summed E-state index contributed by atoms with van der Waals surface area (Å²) in [6.45, 7) is 5.97. The van der Waals surface area contributed by atoms with Crippen molar-refractivity contribution in [1.29, 1.82) is 0 Å². The first-order chi connectivity index (χ1) is 11.2. The number of hydrogen-bond acceptors (Lipinski definition) is 6. The maximum atomic E-state index is 5.37. The Balaban J connectivity index is 1.60. The van der Waals surface area contributed by atoms with Gasteiger partial charge in [-0.1, -0.05) is 19.0 Å². The average molecular weight is 312 g/mol. The maximum absolute atomic E-state index is 5.37. The molecule has 4 heterocycles. The fourth-order valence-corrected chi connectivity index (χ4v) is 3.11. The van der Waals surface area contributed by atoms with Gasteiger partial charge in [0.2, 0.25) is 5.89 Å². The number of aromatic nitrogens is 5. The second-order valence-corrected chi connectivity index (χ2v) is 6.37. The van der Waals surface area contributed by atoms with Crippen LogP contribution >= 0.6 is 0 Å². The van der Waals surface area contributed by atoms with Crippen molar-refractivity contribution in [3.8, 4) is 0 Å². The summed E-state index contributed by atoms with van der Waals surface area (Å²) in [5, 5.41) is 4.19. The van der Waals surface area contributed by atoms with Crippen LogP contribution in [0, 0.1) is 0 Å². The lowest BCUT2D eigenvalue weighted by Crippen LogP contribution is -2.35. The Hall–Kier alpha value is -2.44. The summed E-state index contributed by atoms with van der Waals surface area (Å²) in [6.07, 6.45) is 9.57. The van der Waals surface area contributed by atoms with E-state index in [0.29, 0.717) is 5.89 Å². The lowest BCUT2D eigenvalue weighted by Gasteiger charge is -2.32. The van der Waals surface area contributed by atoms with E-state index < -0.39 is 0 Å². The van der Waals surface area contributed by atoms with Crippen LogP contribution in [0.4, 0.5) is 5.82 Å². The van der Waals surface area contributed by atoms with Crippen LogP contribution in [0.1, 0.15) is 50.2 Å². The quantitative estimate of drug-likeness (QED) is 0.740. The van der Waals surface area contributed by atoms with Crippen molar-refractivity contribution in [3.05, 3.63) is 36.6 Å². The second-order valence-electron chi connectivity index (χ2n) is 6.37. The molecule has 4 rings (SSSR count). The Bertz CT molecular complexity index is 808. The molecule has 1 atom stereocenters. The van der Waals surface area contributed by atoms with Crippen molar-refractivity contribution < 1.29 is 4.52 Å². The lowest BCUT2D eigenvalue weighted by molar-refractivity contribution is 0.354. The van der Waals surface area contributed by atoms with E-state index in [-0.39, 0.29) is 11.8 Å². The van der Waals surface area contributed by atoms with Gasteiger partial charge in [0, 0.05) is 37.3 Å². The topological polar surface area (TPSA) is 72.4 Å². The van der Waals surface area contributed by atoms with Gasteiger partial charge in [-0.3, -0.25) is 0 Å². The number of imidazole rings is 1. The molecule has 0 unspecified atom stereocenters. The number of piperidine rings is 1. The average Bonchev–Trinajstić information content (AvgIpc) is 3.24. The molecule has 0 bridgehead atoms. The highest BCUT2D eigenvalue weighted by atomic mass is 16.5. The van der Waals surface area contributed by atoms with Crippen LogP contribution in [-0.4, -0.2) is 37.6 Å². The molecule has 7 nitrogen and oxygen atoms in total. The minimum absolute atomic E-state index is 0.262. The second kappa shape index (κ2) is 5.64. The number of anilines is 1. The molecular weight excluding hydrogens is 292 g/mol.